The van der Waals surface area contributed by atoms with E-state index in [1.54, 1.807) is 0 Å². The fourth-order valence-corrected chi connectivity index (χ4v) is 4.77. The molecule has 3 aromatic rings. The molecule has 2 aliphatic rings. The highest BCUT2D eigenvalue weighted by atomic mass is 15.2. The van der Waals surface area contributed by atoms with E-state index in [-0.39, 0.29) is 0 Å². The Morgan fingerprint density at radius 2 is 1.74 bits per heavy atom. The van der Waals surface area contributed by atoms with E-state index in [1.165, 1.54) is 67.6 Å². The second kappa shape index (κ2) is 7.32. The molecule has 0 spiro atoms. The Morgan fingerprint density at radius 1 is 0.889 bits per heavy atom. The first kappa shape index (κ1) is 16.8. The van der Waals surface area contributed by atoms with E-state index in [0.29, 0.717) is 0 Å². The summed E-state index contributed by atoms with van der Waals surface area (Å²) in [6.07, 6.45) is 5.72. The maximum Gasteiger partial charge on any atom is 0.0746 e. The molecule has 0 N–H and O–H groups in total. The largest absolute Gasteiger partial charge is 0.371 e. The van der Waals surface area contributed by atoms with Gasteiger partial charge in [0.2, 0.25) is 0 Å². The average molecular weight is 358 g/mol. The Hall–Kier alpha value is -2.39. The number of rotatable bonds is 4. The van der Waals surface area contributed by atoms with Gasteiger partial charge in [0.15, 0.2) is 0 Å². The molecule has 138 valence electrons. The van der Waals surface area contributed by atoms with Gasteiger partial charge in [-0.05, 0) is 61.5 Å². The normalized spacial score (nSPS) is 18.1. The van der Waals surface area contributed by atoms with Crippen LogP contribution in [0.2, 0.25) is 0 Å². The molecule has 3 nitrogen and oxygen atoms in total. The number of anilines is 1. The summed E-state index contributed by atoms with van der Waals surface area (Å²) in [6.45, 7) is 5.84. The molecule has 0 unspecified atom stereocenters. The Bertz CT molecular complexity index is 922. The van der Waals surface area contributed by atoms with E-state index in [1.807, 2.05) is 12.3 Å². The van der Waals surface area contributed by atoms with E-state index in [4.69, 9.17) is 0 Å². The van der Waals surface area contributed by atoms with E-state index in [2.05, 4.69) is 63.3 Å². The first-order chi connectivity index (χ1) is 13.4. The van der Waals surface area contributed by atoms with Crippen LogP contribution in [0, 0.1) is 5.92 Å². The van der Waals surface area contributed by atoms with E-state index >= 15 is 0 Å². The molecule has 0 amide bonds. The Morgan fingerprint density at radius 3 is 2.67 bits per heavy atom. The average Bonchev–Trinajstić information content (AvgIpc) is 3.13. The molecule has 3 heterocycles. The van der Waals surface area contributed by atoms with Crippen LogP contribution in [0.1, 0.15) is 24.0 Å². The molecule has 27 heavy (non-hydrogen) atoms. The second-order valence-electron chi connectivity index (χ2n) is 8.04. The van der Waals surface area contributed by atoms with Gasteiger partial charge in [0, 0.05) is 36.9 Å². The van der Waals surface area contributed by atoms with Crippen molar-refractivity contribution < 1.29 is 0 Å². The van der Waals surface area contributed by atoms with Gasteiger partial charge < -0.3 is 4.90 Å². The van der Waals surface area contributed by atoms with E-state index in [9.17, 15) is 0 Å². The lowest BCUT2D eigenvalue weighted by molar-refractivity contribution is 0.180. The summed E-state index contributed by atoms with van der Waals surface area (Å²) in [4.78, 5) is 9.84. The highest BCUT2D eigenvalue weighted by Crippen LogP contribution is 2.30. The van der Waals surface area contributed by atoms with Crippen LogP contribution in [0.25, 0.3) is 10.9 Å². The van der Waals surface area contributed by atoms with Crippen molar-refractivity contribution in [3.8, 4) is 0 Å². The number of para-hydroxylation sites is 2. The number of fused-ring (bicyclic) bond motifs is 2. The van der Waals surface area contributed by atoms with Gasteiger partial charge in [-0.25, -0.2) is 0 Å². The molecule has 0 atom stereocenters. The third-order valence-corrected chi connectivity index (χ3v) is 6.28. The van der Waals surface area contributed by atoms with Gasteiger partial charge in [-0.1, -0.05) is 42.5 Å². The Balaban J connectivity index is 1.20. The van der Waals surface area contributed by atoms with Crippen LogP contribution >= 0.6 is 0 Å². The molecule has 0 radical (unpaired) electrons. The number of aromatic nitrogens is 1. The minimum Gasteiger partial charge on any atom is -0.371 e. The van der Waals surface area contributed by atoms with Crippen molar-refractivity contribution in [2.45, 2.75) is 25.8 Å². The molecule has 5 rings (SSSR count). The first-order valence-corrected chi connectivity index (χ1v) is 10.2. The predicted octanol–water partition coefficient (Wildman–Crippen LogP) is 4.51. The molecule has 3 heteroatoms. The van der Waals surface area contributed by atoms with E-state index in [0.717, 1.165) is 18.0 Å². The van der Waals surface area contributed by atoms with Crippen molar-refractivity contribution in [1.82, 2.24) is 9.88 Å². The fraction of sp³-hybridized carbons (Fsp3) is 0.375. The van der Waals surface area contributed by atoms with Gasteiger partial charge in [-0.15, -0.1) is 0 Å². The number of nitrogens with zero attached hydrogens (tertiary/aromatic N) is 3. The zero-order valence-corrected chi connectivity index (χ0v) is 15.8. The quantitative estimate of drug-likeness (QED) is 0.685. The summed E-state index contributed by atoms with van der Waals surface area (Å²) in [5, 5.41) is 1.25. The molecule has 1 aromatic heterocycles. The van der Waals surface area contributed by atoms with Gasteiger partial charge in [0.05, 0.1) is 5.52 Å². The monoisotopic (exact) mass is 357 g/mol. The Labute approximate surface area is 161 Å². The van der Waals surface area contributed by atoms with Crippen LogP contribution in [0.5, 0.6) is 0 Å². The molecule has 2 aliphatic heterocycles. The van der Waals surface area contributed by atoms with Crippen LogP contribution in [0.4, 0.5) is 5.69 Å². The van der Waals surface area contributed by atoms with Crippen LogP contribution in [0.15, 0.2) is 60.8 Å². The van der Waals surface area contributed by atoms with Crippen LogP contribution < -0.4 is 4.90 Å². The van der Waals surface area contributed by atoms with Gasteiger partial charge >= 0.3 is 0 Å². The van der Waals surface area contributed by atoms with Crippen LogP contribution in [0.3, 0.4) is 0 Å². The maximum absolute atomic E-state index is 4.62. The van der Waals surface area contributed by atoms with Crippen molar-refractivity contribution in [2.75, 3.05) is 31.1 Å². The summed E-state index contributed by atoms with van der Waals surface area (Å²) in [6, 6.07) is 19.7. The molecule has 0 aliphatic carbocycles. The summed E-state index contributed by atoms with van der Waals surface area (Å²) in [7, 11) is 0. The summed E-state index contributed by atoms with van der Waals surface area (Å²) in [5.74, 6) is 0.818. The third kappa shape index (κ3) is 3.44. The molecule has 2 aromatic carbocycles. The predicted molar refractivity (Wildman–Crippen MR) is 112 cm³/mol. The lowest BCUT2D eigenvalue weighted by atomic mass is 9.95. The number of benzene rings is 2. The summed E-state index contributed by atoms with van der Waals surface area (Å²) in [5.41, 5.74) is 5.52. The summed E-state index contributed by atoms with van der Waals surface area (Å²) >= 11 is 0. The lowest BCUT2D eigenvalue weighted by Crippen LogP contribution is -2.38. The standard InChI is InChI=1S/C24H27N3/c1-2-9-23-20(5-1)12-16-27(23)17-19-10-14-26(15-11-19)18-22-7-3-6-21-8-4-13-25-24(21)22/h1-9,13,19H,10-12,14-18H2. The molecule has 1 fully saturated rings. The Kier molecular flexibility index (Phi) is 4.54. The highest BCUT2D eigenvalue weighted by molar-refractivity contribution is 5.81. The number of likely N-dealkylation sites (tertiary alicyclic amines) is 1. The topological polar surface area (TPSA) is 19.4 Å². The number of piperidine rings is 1. The van der Waals surface area contributed by atoms with Gasteiger partial charge in [-0.2, -0.15) is 0 Å². The van der Waals surface area contributed by atoms with Crippen molar-refractivity contribution in [2.24, 2.45) is 5.92 Å². The van der Waals surface area contributed by atoms with Crippen LogP contribution in [-0.2, 0) is 13.0 Å². The minimum atomic E-state index is 0.818. The van der Waals surface area contributed by atoms with Gasteiger partial charge in [0.1, 0.15) is 0 Å². The van der Waals surface area contributed by atoms with Crippen LogP contribution in [-0.4, -0.2) is 36.1 Å². The summed E-state index contributed by atoms with van der Waals surface area (Å²) < 4.78 is 0. The minimum absolute atomic E-state index is 0.818. The smallest absolute Gasteiger partial charge is 0.0746 e. The van der Waals surface area contributed by atoms with Gasteiger partial charge in [-0.3, -0.25) is 9.88 Å². The molecular weight excluding hydrogens is 330 g/mol. The van der Waals surface area contributed by atoms with Crippen molar-refractivity contribution in [3.05, 3.63) is 71.9 Å². The van der Waals surface area contributed by atoms with Gasteiger partial charge in [0.25, 0.3) is 0 Å². The zero-order valence-electron chi connectivity index (χ0n) is 15.8. The molecule has 0 bridgehead atoms. The van der Waals surface area contributed by atoms with E-state index < -0.39 is 0 Å². The molecular formula is C24H27N3. The maximum atomic E-state index is 4.62. The zero-order chi connectivity index (χ0) is 18.1. The number of hydrogen-bond acceptors (Lipinski definition) is 3. The molecule has 1 saturated heterocycles. The van der Waals surface area contributed by atoms with Crippen molar-refractivity contribution >= 4 is 16.6 Å². The lowest BCUT2D eigenvalue weighted by Gasteiger charge is -2.34. The van der Waals surface area contributed by atoms with Crippen molar-refractivity contribution in [3.63, 3.8) is 0 Å². The highest BCUT2D eigenvalue weighted by Gasteiger charge is 2.25. The third-order valence-electron chi connectivity index (χ3n) is 6.28. The molecule has 0 saturated carbocycles. The van der Waals surface area contributed by atoms with Crippen molar-refractivity contribution in [1.29, 1.82) is 0 Å². The fourth-order valence-electron chi connectivity index (χ4n) is 4.77. The first-order valence-electron chi connectivity index (χ1n) is 10.2. The SMILES string of the molecule is c1ccc2c(c1)CCN2CC1CCN(Cc2cccc3cccnc23)CC1. The number of pyridine rings is 1. The number of hydrogen-bond donors (Lipinski definition) is 0. The second-order valence-corrected chi connectivity index (χ2v) is 8.04.